The molecule has 2 atom stereocenters. The Morgan fingerprint density at radius 1 is 1.20 bits per heavy atom. The highest BCUT2D eigenvalue weighted by Crippen LogP contribution is 2.37. The Kier molecular flexibility index (Phi) is 3.13. The summed E-state index contributed by atoms with van der Waals surface area (Å²) in [4.78, 5) is 23.3. The summed E-state index contributed by atoms with van der Waals surface area (Å²) in [5, 5.41) is 8.49. The first-order valence-electron chi connectivity index (χ1n) is 8.73. The van der Waals surface area contributed by atoms with E-state index < -0.39 is 0 Å². The number of anilines is 1. The van der Waals surface area contributed by atoms with E-state index in [2.05, 4.69) is 31.2 Å². The van der Waals surface area contributed by atoms with Crippen LogP contribution in [0.5, 0.6) is 0 Å². The average molecular weight is 337 g/mol. The van der Waals surface area contributed by atoms with Crippen LogP contribution in [0.15, 0.2) is 29.3 Å². The van der Waals surface area contributed by atoms with Gasteiger partial charge in [-0.3, -0.25) is 4.79 Å². The molecule has 5 heterocycles. The zero-order chi connectivity index (χ0) is 17.0. The first kappa shape index (κ1) is 14.6. The summed E-state index contributed by atoms with van der Waals surface area (Å²) in [5.74, 6) is 1.64. The molecule has 128 valence electrons. The first-order chi connectivity index (χ1) is 12.2. The quantitative estimate of drug-likeness (QED) is 0.695. The fraction of sp³-hybridized carbons (Fsp3) is 0.471. The number of nitrogens with zero attached hydrogens (tertiary/aromatic N) is 7. The van der Waals surface area contributed by atoms with Crippen molar-refractivity contribution in [2.75, 3.05) is 18.0 Å². The highest BCUT2D eigenvalue weighted by atomic mass is 16.1. The van der Waals surface area contributed by atoms with Crippen molar-refractivity contribution in [1.29, 1.82) is 0 Å². The van der Waals surface area contributed by atoms with E-state index in [-0.39, 0.29) is 5.56 Å². The average Bonchev–Trinajstić information content (AvgIpc) is 3.06. The lowest BCUT2D eigenvalue weighted by molar-refractivity contribution is 0.281. The SMILES string of the molecule is CCn1nnc2c(N3C[C@H]4C[C@@H](C3)c3cccc(=O)n3C4)ncnc21. The van der Waals surface area contributed by atoms with E-state index in [4.69, 9.17) is 0 Å². The Morgan fingerprint density at radius 2 is 2.12 bits per heavy atom. The van der Waals surface area contributed by atoms with E-state index in [9.17, 15) is 4.79 Å². The van der Waals surface area contributed by atoms with Gasteiger partial charge in [-0.25, -0.2) is 14.6 Å². The van der Waals surface area contributed by atoms with E-state index in [0.717, 1.165) is 55.3 Å². The van der Waals surface area contributed by atoms with Gasteiger partial charge in [-0.2, -0.15) is 0 Å². The Labute approximate surface area is 144 Å². The number of rotatable bonds is 2. The van der Waals surface area contributed by atoms with Crippen LogP contribution < -0.4 is 10.5 Å². The van der Waals surface area contributed by atoms with E-state index >= 15 is 0 Å². The van der Waals surface area contributed by atoms with Gasteiger partial charge in [0.05, 0.1) is 0 Å². The smallest absolute Gasteiger partial charge is 0.250 e. The van der Waals surface area contributed by atoms with Crippen molar-refractivity contribution < 1.29 is 0 Å². The Balaban J connectivity index is 1.56. The van der Waals surface area contributed by atoms with Gasteiger partial charge in [-0.1, -0.05) is 11.3 Å². The Bertz CT molecular complexity index is 1010. The maximum Gasteiger partial charge on any atom is 0.250 e. The fourth-order valence-electron chi connectivity index (χ4n) is 4.29. The number of piperidine rings is 1. The summed E-state index contributed by atoms with van der Waals surface area (Å²) in [6.07, 6.45) is 2.71. The second kappa shape index (κ2) is 5.37. The van der Waals surface area contributed by atoms with Crippen molar-refractivity contribution in [3.8, 4) is 0 Å². The van der Waals surface area contributed by atoms with Crippen molar-refractivity contribution in [3.63, 3.8) is 0 Å². The molecule has 0 unspecified atom stereocenters. The van der Waals surface area contributed by atoms with Crippen molar-refractivity contribution in [2.24, 2.45) is 5.92 Å². The molecule has 8 nitrogen and oxygen atoms in total. The second-order valence-electron chi connectivity index (χ2n) is 6.88. The summed E-state index contributed by atoms with van der Waals surface area (Å²) >= 11 is 0. The van der Waals surface area contributed by atoms with Gasteiger partial charge in [-0.05, 0) is 25.3 Å². The molecule has 3 aromatic rings. The molecule has 1 fully saturated rings. The summed E-state index contributed by atoms with van der Waals surface area (Å²) in [7, 11) is 0. The molecule has 1 saturated heterocycles. The molecule has 0 N–H and O–H groups in total. The van der Waals surface area contributed by atoms with Crippen LogP contribution in [-0.2, 0) is 13.1 Å². The largest absolute Gasteiger partial charge is 0.354 e. The third-order valence-corrected chi connectivity index (χ3v) is 5.36. The van der Waals surface area contributed by atoms with Gasteiger partial charge in [-0.15, -0.1) is 5.10 Å². The second-order valence-corrected chi connectivity index (χ2v) is 6.88. The molecule has 0 spiro atoms. The molecule has 0 aromatic carbocycles. The van der Waals surface area contributed by atoms with Crippen LogP contribution in [0.25, 0.3) is 11.2 Å². The zero-order valence-electron chi connectivity index (χ0n) is 14.0. The van der Waals surface area contributed by atoms with Gasteiger partial charge >= 0.3 is 0 Å². The van der Waals surface area contributed by atoms with E-state index in [1.165, 1.54) is 0 Å². The van der Waals surface area contributed by atoms with Gasteiger partial charge in [0, 0.05) is 43.9 Å². The molecule has 0 radical (unpaired) electrons. The number of hydrogen-bond acceptors (Lipinski definition) is 6. The van der Waals surface area contributed by atoms with Crippen molar-refractivity contribution in [2.45, 2.75) is 32.4 Å². The number of aromatic nitrogens is 6. The van der Waals surface area contributed by atoms with E-state index in [0.29, 0.717) is 11.8 Å². The number of fused-ring (bicyclic) bond motifs is 5. The molecule has 8 heteroatoms. The van der Waals surface area contributed by atoms with Crippen LogP contribution in [0.4, 0.5) is 5.82 Å². The number of aryl methyl sites for hydroxylation is 1. The highest BCUT2D eigenvalue weighted by Gasteiger charge is 2.35. The molecular formula is C17H19N7O. The van der Waals surface area contributed by atoms with Crippen molar-refractivity contribution in [1.82, 2.24) is 29.5 Å². The lowest BCUT2D eigenvalue weighted by atomic mass is 9.83. The minimum atomic E-state index is 0.107. The predicted molar refractivity (Wildman–Crippen MR) is 92.6 cm³/mol. The molecule has 2 bridgehead atoms. The van der Waals surface area contributed by atoms with Gasteiger partial charge in [0.1, 0.15) is 6.33 Å². The topological polar surface area (TPSA) is 81.7 Å². The maximum atomic E-state index is 12.2. The predicted octanol–water partition coefficient (Wildman–Crippen LogP) is 1.03. The van der Waals surface area contributed by atoms with Crippen LogP contribution in [0, 0.1) is 5.92 Å². The lowest BCUT2D eigenvalue weighted by Gasteiger charge is -2.43. The third kappa shape index (κ3) is 2.16. The molecule has 0 aliphatic carbocycles. The minimum absolute atomic E-state index is 0.107. The molecule has 5 rings (SSSR count). The van der Waals surface area contributed by atoms with Gasteiger partial charge in [0.2, 0.25) is 0 Å². The zero-order valence-corrected chi connectivity index (χ0v) is 14.0. The Hall–Kier alpha value is -2.77. The van der Waals surface area contributed by atoms with E-state index in [1.807, 2.05) is 17.6 Å². The minimum Gasteiger partial charge on any atom is -0.354 e. The van der Waals surface area contributed by atoms with E-state index in [1.54, 1.807) is 17.1 Å². The van der Waals surface area contributed by atoms with Gasteiger partial charge in [0.15, 0.2) is 17.0 Å². The first-order valence-corrected chi connectivity index (χ1v) is 8.73. The van der Waals surface area contributed by atoms with Gasteiger partial charge < -0.3 is 9.47 Å². The van der Waals surface area contributed by atoms with Crippen LogP contribution in [0.2, 0.25) is 0 Å². The van der Waals surface area contributed by atoms with Crippen LogP contribution >= 0.6 is 0 Å². The molecule has 2 aliphatic rings. The number of pyridine rings is 1. The molecule has 3 aromatic heterocycles. The molecule has 0 amide bonds. The summed E-state index contributed by atoms with van der Waals surface area (Å²) in [6, 6.07) is 5.59. The third-order valence-electron chi connectivity index (χ3n) is 5.36. The molecular weight excluding hydrogens is 318 g/mol. The summed E-state index contributed by atoms with van der Waals surface area (Å²) < 4.78 is 3.74. The molecule has 25 heavy (non-hydrogen) atoms. The standard InChI is InChI=1S/C17H19N7O/c1-2-24-17-15(20-21-24)16(18-10-19-17)22-7-11-6-12(9-22)13-4-3-5-14(25)23(13)8-11/h3-5,10-12H,2,6-9H2,1H3/t11-,12+/m1/s1. The van der Waals surface area contributed by atoms with Crippen LogP contribution in [0.1, 0.15) is 25.0 Å². The normalized spacial score (nSPS) is 22.2. The van der Waals surface area contributed by atoms with Crippen LogP contribution in [0.3, 0.4) is 0 Å². The number of hydrogen-bond donors (Lipinski definition) is 0. The summed E-state index contributed by atoms with van der Waals surface area (Å²) in [5.41, 5.74) is 2.78. The maximum absolute atomic E-state index is 12.2. The highest BCUT2D eigenvalue weighted by molar-refractivity contribution is 5.82. The molecule has 2 aliphatic heterocycles. The molecule has 0 saturated carbocycles. The van der Waals surface area contributed by atoms with Crippen LogP contribution in [-0.4, -0.2) is 42.6 Å². The Morgan fingerprint density at radius 3 is 3.00 bits per heavy atom. The monoisotopic (exact) mass is 337 g/mol. The van der Waals surface area contributed by atoms with Crippen molar-refractivity contribution in [3.05, 3.63) is 40.6 Å². The fourth-order valence-corrected chi connectivity index (χ4v) is 4.29. The van der Waals surface area contributed by atoms with Crippen molar-refractivity contribution >= 4 is 17.0 Å². The summed E-state index contributed by atoms with van der Waals surface area (Å²) in [6.45, 7) is 5.25. The van der Waals surface area contributed by atoms with Gasteiger partial charge in [0.25, 0.3) is 5.56 Å². The lowest BCUT2D eigenvalue weighted by Crippen LogP contribution is -2.47.